The third-order valence-electron chi connectivity index (χ3n) is 4.39. The summed E-state index contributed by atoms with van der Waals surface area (Å²) < 4.78 is 0. The summed E-state index contributed by atoms with van der Waals surface area (Å²) in [6.07, 6.45) is 10.3. The molecule has 146 valence electrons. The lowest BCUT2D eigenvalue weighted by molar-refractivity contribution is 0.375. The van der Waals surface area contributed by atoms with Gasteiger partial charge in [-0.05, 0) is 49.5 Å². The van der Waals surface area contributed by atoms with Crippen LogP contribution >= 0.6 is 35.4 Å². The molecule has 1 aliphatic rings. The zero-order valence-electron chi connectivity index (χ0n) is 15.3. The van der Waals surface area contributed by atoms with E-state index in [0.29, 0.717) is 30.2 Å². The van der Waals surface area contributed by atoms with Crippen LogP contribution in [0.5, 0.6) is 11.5 Å². The third kappa shape index (κ3) is 5.41. The lowest BCUT2D eigenvalue weighted by atomic mass is 9.98. The van der Waals surface area contributed by atoms with E-state index < -0.39 is 0 Å². The molecule has 1 aromatic carbocycles. The van der Waals surface area contributed by atoms with Gasteiger partial charge in [0.25, 0.3) is 0 Å². The molecule has 2 rings (SSSR count). The Morgan fingerprint density at radius 2 is 1.89 bits per heavy atom. The van der Waals surface area contributed by atoms with Crippen LogP contribution in [0.4, 0.5) is 0 Å². The van der Waals surface area contributed by atoms with Crippen molar-refractivity contribution in [2.24, 2.45) is 0 Å². The molecule has 0 saturated carbocycles. The number of allylic oxidation sites excluding steroid dienone is 5. The van der Waals surface area contributed by atoms with E-state index in [2.05, 4.69) is 11.9 Å². The number of nitrogens with one attached hydrogen (secondary N) is 1. The molecule has 0 radical (unpaired) electrons. The van der Waals surface area contributed by atoms with Crippen molar-refractivity contribution in [3.63, 3.8) is 0 Å². The van der Waals surface area contributed by atoms with E-state index in [-0.39, 0.29) is 21.5 Å². The molecule has 0 fully saturated rings. The van der Waals surface area contributed by atoms with Crippen LogP contribution in [0.25, 0.3) is 0 Å². The molecule has 0 amide bonds. The highest BCUT2D eigenvalue weighted by atomic mass is 35.5. The summed E-state index contributed by atoms with van der Waals surface area (Å²) in [4.78, 5) is 1.98. The Balaban J connectivity index is 1.88. The second kappa shape index (κ2) is 10.0. The van der Waals surface area contributed by atoms with E-state index in [1.165, 1.54) is 0 Å². The standard InChI is InChI=1S/C20H24Cl2N2O2S/c1-3-4-5-7-13(2)8-6-10-23-20(27)24-11-9-14-15(12-24)17(22)19(26)18(25)16(14)21/h3-5,7,25-26H,2,6,8-12H2,1H3,(H,23,27)/b4-3-,7-5-. The first-order valence-corrected chi connectivity index (χ1v) is 9.93. The fraction of sp³-hybridized carbons (Fsp3) is 0.350. The van der Waals surface area contributed by atoms with Gasteiger partial charge < -0.3 is 20.4 Å². The molecule has 0 unspecified atom stereocenters. The molecule has 0 atom stereocenters. The van der Waals surface area contributed by atoms with Gasteiger partial charge in [-0.1, -0.05) is 59.7 Å². The summed E-state index contributed by atoms with van der Waals surface area (Å²) >= 11 is 17.8. The first kappa shape index (κ1) is 21.6. The lowest BCUT2D eigenvalue weighted by Gasteiger charge is -2.32. The number of halogens is 2. The van der Waals surface area contributed by atoms with Gasteiger partial charge in [-0.25, -0.2) is 0 Å². The topological polar surface area (TPSA) is 55.7 Å². The zero-order chi connectivity index (χ0) is 20.0. The highest BCUT2D eigenvalue weighted by molar-refractivity contribution is 7.80. The Kier molecular flexibility index (Phi) is 8.02. The maximum atomic E-state index is 9.92. The van der Waals surface area contributed by atoms with Crippen LogP contribution in [-0.2, 0) is 13.0 Å². The van der Waals surface area contributed by atoms with Gasteiger partial charge in [0.2, 0.25) is 0 Å². The number of rotatable bonds is 6. The van der Waals surface area contributed by atoms with Crippen LogP contribution in [-0.4, -0.2) is 33.3 Å². The number of hydrogen-bond donors (Lipinski definition) is 3. The Bertz CT molecular complexity index is 791. The van der Waals surface area contributed by atoms with Crippen LogP contribution in [0.2, 0.25) is 10.0 Å². The molecule has 27 heavy (non-hydrogen) atoms. The molecule has 4 nitrogen and oxygen atoms in total. The van der Waals surface area contributed by atoms with Crippen LogP contribution in [0.15, 0.2) is 36.5 Å². The molecule has 0 bridgehead atoms. The first-order valence-electron chi connectivity index (χ1n) is 8.77. The van der Waals surface area contributed by atoms with Crippen molar-refractivity contribution in [3.05, 3.63) is 57.6 Å². The summed E-state index contributed by atoms with van der Waals surface area (Å²) in [5, 5.41) is 23.9. The Morgan fingerprint density at radius 3 is 2.56 bits per heavy atom. The minimum atomic E-state index is -0.384. The summed E-state index contributed by atoms with van der Waals surface area (Å²) in [6, 6.07) is 0. The highest BCUT2D eigenvalue weighted by Gasteiger charge is 2.27. The van der Waals surface area contributed by atoms with Crippen LogP contribution in [0.3, 0.4) is 0 Å². The summed E-state index contributed by atoms with van der Waals surface area (Å²) in [5.41, 5.74) is 2.54. The predicted molar refractivity (Wildman–Crippen MR) is 117 cm³/mol. The van der Waals surface area contributed by atoms with Gasteiger partial charge in [0, 0.05) is 19.6 Å². The van der Waals surface area contributed by atoms with Gasteiger partial charge >= 0.3 is 0 Å². The molecule has 1 aliphatic heterocycles. The van der Waals surface area contributed by atoms with E-state index in [9.17, 15) is 10.2 Å². The third-order valence-corrected chi connectivity index (χ3v) is 5.61. The summed E-state index contributed by atoms with van der Waals surface area (Å²) in [7, 11) is 0. The zero-order valence-corrected chi connectivity index (χ0v) is 17.6. The molecule has 1 aromatic rings. The van der Waals surface area contributed by atoms with Gasteiger partial charge in [-0.3, -0.25) is 0 Å². The minimum absolute atomic E-state index is 0.128. The average molecular weight is 427 g/mol. The Hall–Kier alpha value is -1.69. The number of aromatic hydroxyl groups is 2. The van der Waals surface area contributed by atoms with Gasteiger partial charge in [0.05, 0.1) is 10.0 Å². The van der Waals surface area contributed by atoms with Crippen molar-refractivity contribution in [1.29, 1.82) is 0 Å². The van der Waals surface area contributed by atoms with E-state index >= 15 is 0 Å². The van der Waals surface area contributed by atoms with E-state index in [1.54, 1.807) is 0 Å². The SMILES string of the molecule is C=C(/C=C\C=C/C)CCCNC(=S)N1CCc2c(Cl)c(O)c(O)c(Cl)c2C1. The smallest absolute Gasteiger partial charge is 0.178 e. The molecule has 0 saturated heterocycles. The van der Waals surface area contributed by atoms with Crippen molar-refractivity contribution in [1.82, 2.24) is 10.2 Å². The Labute approximate surface area is 175 Å². The van der Waals surface area contributed by atoms with Crippen LogP contribution in [0.1, 0.15) is 30.9 Å². The van der Waals surface area contributed by atoms with Crippen molar-refractivity contribution in [2.75, 3.05) is 13.1 Å². The number of phenolic OH excluding ortho intramolecular Hbond substituents is 2. The van der Waals surface area contributed by atoms with Crippen molar-refractivity contribution in [2.45, 2.75) is 32.7 Å². The van der Waals surface area contributed by atoms with Crippen LogP contribution < -0.4 is 5.32 Å². The lowest BCUT2D eigenvalue weighted by Crippen LogP contribution is -2.43. The first-order chi connectivity index (χ1) is 12.9. The van der Waals surface area contributed by atoms with Gasteiger partial charge in [0.1, 0.15) is 0 Å². The largest absolute Gasteiger partial charge is 0.503 e. The van der Waals surface area contributed by atoms with Gasteiger partial charge in [0.15, 0.2) is 16.6 Å². The highest BCUT2D eigenvalue weighted by Crippen LogP contribution is 2.46. The molecule has 0 aliphatic carbocycles. The Morgan fingerprint density at radius 1 is 1.22 bits per heavy atom. The maximum Gasteiger partial charge on any atom is 0.178 e. The normalized spacial score (nSPS) is 14.0. The fourth-order valence-corrected chi connectivity index (χ4v) is 3.70. The molecular weight excluding hydrogens is 403 g/mol. The number of benzene rings is 1. The second-order valence-corrected chi connectivity index (χ2v) is 7.48. The van der Waals surface area contributed by atoms with E-state index in [4.69, 9.17) is 35.4 Å². The molecule has 7 heteroatoms. The maximum absolute atomic E-state index is 9.92. The predicted octanol–water partition coefficient (Wildman–Crippen LogP) is 5.11. The summed E-state index contributed by atoms with van der Waals surface area (Å²) in [5.74, 6) is -0.746. The number of phenols is 2. The van der Waals surface area contributed by atoms with Crippen molar-refractivity contribution >= 4 is 40.5 Å². The van der Waals surface area contributed by atoms with Gasteiger partial charge in [-0.15, -0.1) is 0 Å². The fourth-order valence-electron chi connectivity index (χ4n) is 2.88. The average Bonchev–Trinajstić information content (AvgIpc) is 2.67. The number of nitrogens with zero attached hydrogens (tertiary/aromatic N) is 1. The molecule has 1 heterocycles. The summed E-state index contributed by atoms with van der Waals surface area (Å²) in [6.45, 7) is 7.85. The van der Waals surface area contributed by atoms with Gasteiger partial charge in [-0.2, -0.15) is 0 Å². The number of hydrogen-bond acceptors (Lipinski definition) is 3. The number of thiocarbonyl (C=S) groups is 1. The molecule has 0 spiro atoms. The molecule has 3 N–H and O–H groups in total. The number of fused-ring (bicyclic) bond motifs is 1. The van der Waals surface area contributed by atoms with Crippen molar-refractivity contribution < 1.29 is 10.2 Å². The van der Waals surface area contributed by atoms with Crippen LogP contribution in [0, 0.1) is 0 Å². The molecule has 0 aromatic heterocycles. The minimum Gasteiger partial charge on any atom is -0.503 e. The van der Waals surface area contributed by atoms with E-state index in [1.807, 2.05) is 36.1 Å². The monoisotopic (exact) mass is 426 g/mol. The second-order valence-electron chi connectivity index (χ2n) is 6.33. The quantitative estimate of drug-likeness (QED) is 0.255. The molecular formula is C20H24Cl2N2O2S. The van der Waals surface area contributed by atoms with Crippen molar-refractivity contribution in [3.8, 4) is 11.5 Å². The van der Waals surface area contributed by atoms with E-state index in [0.717, 1.165) is 30.5 Å².